The molecular weight excluding hydrogens is 356 g/mol. The van der Waals surface area contributed by atoms with Crippen LogP contribution in [0.15, 0.2) is 41.3 Å². The second-order valence-electron chi connectivity index (χ2n) is 5.85. The third kappa shape index (κ3) is 4.42. The molecule has 0 aliphatic heterocycles. The number of carbonyl (C=O) groups excluding carboxylic acids is 1. The lowest BCUT2D eigenvalue weighted by Crippen LogP contribution is -2.11. The third-order valence-corrected chi connectivity index (χ3v) is 5.18. The molecule has 0 radical (unpaired) electrons. The number of hydrogen-bond acceptors (Lipinski definition) is 6. The minimum absolute atomic E-state index is 0.0319. The zero-order valence-electron chi connectivity index (χ0n) is 15.0. The lowest BCUT2D eigenvalue weighted by molar-refractivity contribution is 0.103. The predicted octanol–water partition coefficient (Wildman–Crippen LogP) is 3.45. The fourth-order valence-electron chi connectivity index (χ4n) is 2.32. The number of benzene rings is 2. The van der Waals surface area contributed by atoms with Gasteiger partial charge in [-0.25, -0.2) is 0 Å². The Labute approximate surface area is 153 Å². The third-order valence-electron chi connectivity index (χ3n) is 3.85. The van der Waals surface area contributed by atoms with Crippen molar-refractivity contribution in [2.75, 3.05) is 13.7 Å². The summed E-state index contributed by atoms with van der Waals surface area (Å²) >= 11 is 0. The van der Waals surface area contributed by atoms with Crippen LogP contribution < -0.4 is 4.74 Å². The van der Waals surface area contributed by atoms with E-state index in [0.29, 0.717) is 12.0 Å². The summed E-state index contributed by atoms with van der Waals surface area (Å²) in [5.41, 5.74) is 1.19. The summed E-state index contributed by atoms with van der Waals surface area (Å²) in [7, 11) is -2.85. The average molecular weight is 378 g/mol. The monoisotopic (exact) mass is 378 g/mol. The Morgan fingerprint density at radius 2 is 1.81 bits per heavy atom. The van der Waals surface area contributed by atoms with Gasteiger partial charge in [0.15, 0.2) is 5.78 Å². The first-order valence-corrected chi connectivity index (χ1v) is 9.62. The highest BCUT2D eigenvalue weighted by Crippen LogP contribution is 2.33. The molecule has 0 saturated heterocycles. The first-order valence-electron chi connectivity index (χ1n) is 8.22. The minimum atomic E-state index is -4.13. The van der Waals surface area contributed by atoms with Crippen LogP contribution in [0.2, 0.25) is 0 Å². The number of rotatable bonds is 8. The highest BCUT2D eigenvalue weighted by Gasteiger charge is 2.25. The van der Waals surface area contributed by atoms with Crippen molar-refractivity contribution in [3.8, 4) is 11.5 Å². The Balaban J connectivity index is 2.48. The SMILES string of the molecule is CCCCOS(=O)(=O)c1cc(C(=O)c2ccc(C)cc2)c(O)cc1OC. The molecule has 26 heavy (non-hydrogen) atoms. The van der Waals surface area contributed by atoms with E-state index in [1.165, 1.54) is 7.11 Å². The van der Waals surface area contributed by atoms with Crippen LogP contribution in [0.1, 0.15) is 41.3 Å². The highest BCUT2D eigenvalue weighted by molar-refractivity contribution is 7.86. The molecule has 0 saturated carbocycles. The molecular formula is C19H22O6S. The lowest BCUT2D eigenvalue weighted by atomic mass is 10.0. The number of phenolic OH excluding ortho intramolecular Hbond substituents is 1. The van der Waals surface area contributed by atoms with E-state index >= 15 is 0 Å². The van der Waals surface area contributed by atoms with E-state index in [1.54, 1.807) is 24.3 Å². The summed E-state index contributed by atoms with van der Waals surface area (Å²) in [6, 6.07) is 8.97. The fraction of sp³-hybridized carbons (Fsp3) is 0.316. The van der Waals surface area contributed by atoms with Crippen molar-refractivity contribution in [2.45, 2.75) is 31.6 Å². The molecule has 0 heterocycles. The van der Waals surface area contributed by atoms with Crippen molar-refractivity contribution < 1.29 is 27.2 Å². The molecule has 0 aliphatic rings. The average Bonchev–Trinajstić information content (AvgIpc) is 2.61. The van der Waals surface area contributed by atoms with Crippen LogP contribution in [0.5, 0.6) is 11.5 Å². The zero-order chi connectivity index (χ0) is 19.3. The van der Waals surface area contributed by atoms with Crippen LogP contribution in [0, 0.1) is 6.92 Å². The van der Waals surface area contributed by atoms with Crippen LogP contribution in [0.3, 0.4) is 0 Å². The van der Waals surface area contributed by atoms with E-state index in [4.69, 9.17) is 8.92 Å². The van der Waals surface area contributed by atoms with Crippen molar-refractivity contribution in [3.63, 3.8) is 0 Å². The van der Waals surface area contributed by atoms with Gasteiger partial charge in [0.05, 0.1) is 19.3 Å². The molecule has 6 nitrogen and oxygen atoms in total. The maximum atomic E-state index is 12.7. The minimum Gasteiger partial charge on any atom is -0.507 e. The van der Waals surface area contributed by atoms with E-state index in [1.807, 2.05) is 13.8 Å². The van der Waals surface area contributed by atoms with Crippen molar-refractivity contribution in [1.82, 2.24) is 0 Å². The molecule has 0 bridgehead atoms. The first-order chi connectivity index (χ1) is 12.3. The Morgan fingerprint density at radius 3 is 2.38 bits per heavy atom. The Hall–Kier alpha value is -2.38. The number of unbranched alkanes of at least 4 members (excludes halogenated alkanes) is 1. The quantitative estimate of drug-likeness (QED) is 0.430. The smallest absolute Gasteiger partial charge is 0.300 e. The molecule has 2 rings (SSSR count). The molecule has 2 aromatic rings. The maximum Gasteiger partial charge on any atom is 0.300 e. The summed E-state index contributed by atoms with van der Waals surface area (Å²) in [4.78, 5) is 12.4. The normalized spacial score (nSPS) is 11.3. The maximum absolute atomic E-state index is 12.7. The van der Waals surface area contributed by atoms with Gasteiger partial charge in [0.1, 0.15) is 16.4 Å². The molecule has 1 N–H and O–H groups in total. The second kappa shape index (κ2) is 8.33. The van der Waals surface area contributed by atoms with Gasteiger partial charge in [0.2, 0.25) is 0 Å². The molecule has 7 heteroatoms. The number of phenols is 1. The molecule has 0 aromatic heterocycles. The van der Waals surface area contributed by atoms with Gasteiger partial charge in [-0.3, -0.25) is 8.98 Å². The summed E-state index contributed by atoms with van der Waals surface area (Å²) in [6.45, 7) is 3.83. The molecule has 0 aliphatic carbocycles. The number of hydrogen-bond donors (Lipinski definition) is 1. The van der Waals surface area contributed by atoms with E-state index < -0.39 is 15.9 Å². The number of aromatic hydroxyl groups is 1. The number of aryl methyl sites for hydroxylation is 1. The van der Waals surface area contributed by atoms with Gasteiger partial charge in [-0.2, -0.15) is 8.42 Å². The van der Waals surface area contributed by atoms with Gasteiger partial charge in [-0.15, -0.1) is 0 Å². The van der Waals surface area contributed by atoms with Crippen LogP contribution in [-0.2, 0) is 14.3 Å². The predicted molar refractivity (Wildman–Crippen MR) is 97.3 cm³/mol. The topological polar surface area (TPSA) is 89.9 Å². The Bertz CT molecular complexity index is 885. The fourth-order valence-corrected chi connectivity index (χ4v) is 3.44. The lowest BCUT2D eigenvalue weighted by Gasteiger charge is -2.13. The van der Waals surface area contributed by atoms with Crippen LogP contribution >= 0.6 is 0 Å². The summed E-state index contributed by atoms with van der Waals surface area (Å²) in [6.07, 6.45) is 1.36. The van der Waals surface area contributed by atoms with Crippen molar-refractivity contribution in [3.05, 3.63) is 53.1 Å². The van der Waals surface area contributed by atoms with Crippen molar-refractivity contribution in [1.29, 1.82) is 0 Å². The van der Waals surface area contributed by atoms with Gasteiger partial charge in [0.25, 0.3) is 0 Å². The molecule has 0 amide bonds. The van der Waals surface area contributed by atoms with Crippen LogP contribution in [0.25, 0.3) is 0 Å². The molecule has 0 spiro atoms. The molecule has 0 unspecified atom stereocenters. The van der Waals surface area contributed by atoms with Crippen LogP contribution in [-0.4, -0.2) is 33.0 Å². The van der Waals surface area contributed by atoms with Gasteiger partial charge >= 0.3 is 10.1 Å². The number of carbonyl (C=O) groups is 1. The Kier molecular flexibility index (Phi) is 6.39. The Morgan fingerprint density at radius 1 is 1.15 bits per heavy atom. The molecule has 0 atom stereocenters. The zero-order valence-corrected chi connectivity index (χ0v) is 15.8. The van der Waals surface area contributed by atoms with E-state index in [2.05, 4.69) is 0 Å². The van der Waals surface area contributed by atoms with Gasteiger partial charge < -0.3 is 9.84 Å². The first kappa shape index (κ1) is 19.9. The summed E-state index contributed by atoms with van der Waals surface area (Å²) < 4.78 is 35.0. The number of methoxy groups -OCH3 is 1. The number of ether oxygens (including phenoxy) is 1. The summed E-state index contributed by atoms with van der Waals surface area (Å²) in [5, 5.41) is 10.2. The van der Waals surface area contributed by atoms with Gasteiger partial charge in [-0.1, -0.05) is 43.2 Å². The van der Waals surface area contributed by atoms with Crippen molar-refractivity contribution >= 4 is 15.9 Å². The second-order valence-corrected chi connectivity index (χ2v) is 7.43. The van der Waals surface area contributed by atoms with Crippen LogP contribution in [0.4, 0.5) is 0 Å². The molecule has 140 valence electrons. The van der Waals surface area contributed by atoms with E-state index in [-0.39, 0.29) is 28.6 Å². The molecule has 2 aromatic carbocycles. The van der Waals surface area contributed by atoms with E-state index in [9.17, 15) is 18.3 Å². The molecule has 0 fully saturated rings. The van der Waals surface area contributed by atoms with E-state index in [0.717, 1.165) is 24.1 Å². The summed E-state index contributed by atoms with van der Waals surface area (Å²) in [5.74, 6) is -0.936. The van der Waals surface area contributed by atoms with Crippen molar-refractivity contribution in [2.24, 2.45) is 0 Å². The van der Waals surface area contributed by atoms with Gasteiger partial charge in [0, 0.05) is 11.6 Å². The number of ketones is 1. The highest BCUT2D eigenvalue weighted by atomic mass is 32.2. The van der Waals surface area contributed by atoms with Gasteiger partial charge in [-0.05, 0) is 19.4 Å². The largest absolute Gasteiger partial charge is 0.507 e. The standard InChI is InChI=1S/C19H22O6S/c1-4-5-10-25-26(22,23)18-11-15(16(20)12-17(18)24-3)19(21)14-8-6-13(2)7-9-14/h6-9,11-12,20H,4-5,10H2,1-3H3.